The van der Waals surface area contributed by atoms with Crippen LogP contribution in [0.4, 0.5) is 17.2 Å². The number of benzene rings is 3. The Morgan fingerprint density at radius 2 is 1.06 bits per heavy atom. The van der Waals surface area contributed by atoms with Gasteiger partial charge in [0.25, 0.3) is 0 Å². The lowest BCUT2D eigenvalue weighted by Gasteiger charge is -2.27. The lowest BCUT2D eigenvalue weighted by Crippen LogP contribution is -2.15. The zero-order valence-electron chi connectivity index (χ0n) is 21.3. The maximum Gasteiger partial charge on any atom is 0.137 e. The Balaban J connectivity index is 1.76. The molecule has 0 N–H and O–H groups in total. The minimum atomic E-state index is 0.117. The van der Waals surface area contributed by atoms with E-state index in [2.05, 4.69) is 144 Å². The molecule has 0 spiro atoms. The zero-order chi connectivity index (χ0) is 24.3. The molecule has 0 saturated carbocycles. The van der Waals surface area contributed by atoms with Crippen molar-refractivity contribution in [3.63, 3.8) is 0 Å². The summed E-state index contributed by atoms with van der Waals surface area (Å²) in [7, 11) is 0. The molecule has 0 unspecified atom stereocenters. The van der Waals surface area contributed by atoms with Crippen molar-refractivity contribution in [3.8, 4) is 0 Å². The molecule has 2 heteroatoms. The number of nitrogens with zero attached hydrogens (tertiary/aromatic N) is 2. The van der Waals surface area contributed by atoms with Gasteiger partial charge in [0.1, 0.15) is 5.82 Å². The molecule has 4 aromatic rings. The van der Waals surface area contributed by atoms with Crippen molar-refractivity contribution in [2.75, 3.05) is 4.90 Å². The third-order valence-electron chi connectivity index (χ3n) is 6.23. The molecular weight excluding hydrogens is 412 g/mol. The normalized spacial score (nSPS) is 11.9. The molecule has 3 aromatic carbocycles. The molecule has 34 heavy (non-hydrogen) atoms. The highest BCUT2D eigenvalue weighted by Gasteiger charge is 2.19. The van der Waals surface area contributed by atoms with Crippen molar-refractivity contribution in [1.82, 2.24) is 4.98 Å². The summed E-state index contributed by atoms with van der Waals surface area (Å²) < 4.78 is 0. The molecule has 2 nitrogen and oxygen atoms in total. The molecule has 1 heterocycles. The van der Waals surface area contributed by atoms with Gasteiger partial charge in [-0.1, -0.05) is 102 Å². The number of aromatic nitrogens is 1. The first-order valence-corrected chi connectivity index (χ1v) is 12.1. The van der Waals surface area contributed by atoms with Gasteiger partial charge in [0.15, 0.2) is 0 Å². The molecule has 174 valence electrons. The Hall–Kier alpha value is -3.39. The molecule has 0 aliphatic rings. The highest BCUT2D eigenvalue weighted by molar-refractivity contribution is 5.74. The van der Waals surface area contributed by atoms with Gasteiger partial charge in [-0.25, -0.2) is 4.98 Å². The van der Waals surface area contributed by atoms with Crippen LogP contribution >= 0.6 is 0 Å². The predicted octanol–water partition coefficient (Wildman–Crippen LogP) is 8.74. The van der Waals surface area contributed by atoms with Crippen LogP contribution in [0.1, 0.15) is 63.9 Å². The second-order valence-corrected chi connectivity index (χ2v) is 11.1. The number of hydrogen-bond acceptors (Lipinski definition) is 2. The lowest BCUT2D eigenvalue weighted by atomic mass is 9.87. The molecule has 0 saturated heterocycles. The molecule has 4 rings (SSSR count). The van der Waals surface area contributed by atoms with Gasteiger partial charge in [0, 0.05) is 23.5 Å². The first-order valence-electron chi connectivity index (χ1n) is 12.1. The molecule has 0 atom stereocenters. The average molecular weight is 449 g/mol. The monoisotopic (exact) mass is 448 g/mol. The summed E-state index contributed by atoms with van der Waals surface area (Å²) in [6, 6.07) is 34.6. The smallest absolute Gasteiger partial charge is 0.137 e. The van der Waals surface area contributed by atoms with Gasteiger partial charge in [-0.2, -0.15) is 0 Å². The Labute approximate surface area is 205 Å². The van der Waals surface area contributed by atoms with E-state index < -0.39 is 0 Å². The third-order valence-corrected chi connectivity index (χ3v) is 6.23. The van der Waals surface area contributed by atoms with Gasteiger partial charge in [-0.3, -0.25) is 4.90 Å². The fraction of sp³-hybridized carbons (Fsp3) is 0.281. The maximum atomic E-state index is 5.09. The fourth-order valence-corrected chi connectivity index (χ4v) is 4.13. The molecule has 0 radical (unpaired) electrons. The maximum absolute atomic E-state index is 5.09. The lowest BCUT2D eigenvalue weighted by molar-refractivity contribution is 0.590. The van der Waals surface area contributed by atoms with Crippen LogP contribution in [0, 0.1) is 0 Å². The Morgan fingerprint density at radius 3 is 1.53 bits per heavy atom. The van der Waals surface area contributed by atoms with Crippen LogP contribution < -0.4 is 4.90 Å². The minimum Gasteiger partial charge on any atom is -0.295 e. The summed E-state index contributed by atoms with van der Waals surface area (Å²) in [6.45, 7) is 13.5. The van der Waals surface area contributed by atoms with E-state index in [1.165, 1.54) is 16.7 Å². The van der Waals surface area contributed by atoms with Crippen molar-refractivity contribution in [2.45, 2.75) is 58.8 Å². The second kappa shape index (κ2) is 9.46. The molecular formula is C32H36N2. The molecule has 0 bridgehead atoms. The average Bonchev–Trinajstić information content (AvgIpc) is 2.80. The highest BCUT2D eigenvalue weighted by atomic mass is 15.2. The van der Waals surface area contributed by atoms with E-state index in [9.17, 15) is 0 Å². The van der Waals surface area contributed by atoms with Crippen LogP contribution in [-0.2, 0) is 17.3 Å². The summed E-state index contributed by atoms with van der Waals surface area (Å²) in [5.74, 6) is 0.931. The van der Waals surface area contributed by atoms with E-state index in [-0.39, 0.29) is 10.8 Å². The quantitative estimate of drug-likeness (QED) is 0.303. The van der Waals surface area contributed by atoms with Crippen molar-refractivity contribution < 1.29 is 0 Å². The molecule has 0 aliphatic carbocycles. The SMILES string of the molecule is CC(C)(C)c1ccc(N(c2ccc(C(C)(C)C)cc2)c2cccc(Cc3ccccc3)n2)cc1. The van der Waals surface area contributed by atoms with Crippen molar-refractivity contribution in [1.29, 1.82) is 0 Å². The van der Waals surface area contributed by atoms with Gasteiger partial charge >= 0.3 is 0 Å². The van der Waals surface area contributed by atoms with Crippen molar-refractivity contribution >= 4 is 17.2 Å². The molecule has 0 fully saturated rings. The zero-order valence-corrected chi connectivity index (χ0v) is 21.3. The van der Waals surface area contributed by atoms with Crippen molar-refractivity contribution in [3.05, 3.63) is 119 Å². The van der Waals surface area contributed by atoms with Crippen LogP contribution in [0.5, 0.6) is 0 Å². The standard InChI is InChI=1S/C32H36N2/c1-31(2,3)25-15-19-28(20-16-25)34(29-21-17-26(18-22-29)32(4,5)6)30-14-10-13-27(33-30)23-24-11-8-7-9-12-24/h7-22H,23H2,1-6H3. The third kappa shape index (κ3) is 5.56. The van der Waals surface area contributed by atoms with Crippen LogP contribution in [0.3, 0.4) is 0 Å². The molecule has 1 aromatic heterocycles. The molecule has 0 amide bonds. The van der Waals surface area contributed by atoms with Gasteiger partial charge < -0.3 is 0 Å². The van der Waals surface area contributed by atoms with E-state index >= 15 is 0 Å². The van der Waals surface area contributed by atoms with Gasteiger partial charge in [-0.05, 0) is 63.9 Å². The first kappa shape index (κ1) is 23.8. The van der Waals surface area contributed by atoms with E-state index in [1.54, 1.807) is 0 Å². The van der Waals surface area contributed by atoms with E-state index in [0.717, 1.165) is 29.3 Å². The fourth-order valence-electron chi connectivity index (χ4n) is 4.13. The van der Waals surface area contributed by atoms with Gasteiger partial charge in [-0.15, -0.1) is 0 Å². The summed E-state index contributed by atoms with van der Waals surface area (Å²) >= 11 is 0. The summed E-state index contributed by atoms with van der Waals surface area (Å²) in [5.41, 5.74) is 7.43. The van der Waals surface area contributed by atoms with E-state index in [4.69, 9.17) is 4.98 Å². The van der Waals surface area contributed by atoms with E-state index in [1.807, 2.05) is 0 Å². The second-order valence-electron chi connectivity index (χ2n) is 11.1. The predicted molar refractivity (Wildman–Crippen MR) is 146 cm³/mol. The topological polar surface area (TPSA) is 16.1 Å². The Morgan fingerprint density at radius 1 is 0.559 bits per heavy atom. The minimum absolute atomic E-state index is 0.117. The summed E-state index contributed by atoms with van der Waals surface area (Å²) in [5, 5.41) is 0. The highest BCUT2D eigenvalue weighted by Crippen LogP contribution is 2.36. The van der Waals surface area contributed by atoms with Crippen molar-refractivity contribution in [2.24, 2.45) is 0 Å². The van der Waals surface area contributed by atoms with Crippen LogP contribution in [0.25, 0.3) is 0 Å². The van der Waals surface area contributed by atoms with E-state index in [0.29, 0.717) is 0 Å². The first-order chi connectivity index (χ1) is 16.1. The number of anilines is 3. The Kier molecular flexibility index (Phi) is 6.61. The summed E-state index contributed by atoms with van der Waals surface area (Å²) in [4.78, 5) is 7.35. The van der Waals surface area contributed by atoms with Gasteiger partial charge in [0.05, 0.1) is 0 Å². The number of hydrogen-bond donors (Lipinski definition) is 0. The van der Waals surface area contributed by atoms with Crippen LogP contribution in [-0.4, -0.2) is 4.98 Å². The van der Waals surface area contributed by atoms with Gasteiger partial charge in [0.2, 0.25) is 0 Å². The molecule has 0 aliphatic heterocycles. The van der Waals surface area contributed by atoms with Crippen LogP contribution in [0.2, 0.25) is 0 Å². The largest absolute Gasteiger partial charge is 0.295 e. The van der Waals surface area contributed by atoms with Crippen LogP contribution in [0.15, 0.2) is 97.1 Å². The summed E-state index contributed by atoms with van der Waals surface area (Å²) in [6.07, 6.45) is 0.814. The Bertz CT molecular complexity index is 1150. The number of rotatable bonds is 5. The number of pyridine rings is 1.